The van der Waals surface area contributed by atoms with Crippen molar-refractivity contribution in [2.24, 2.45) is 0 Å². The predicted molar refractivity (Wildman–Crippen MR) is 57.7 cm³/mol. The van der Waals surface area contributed by atoms with Crippen LogP contribution in [0.2, 0.25) is 0 Å². The highest BCUT2D eigenvalue weighted by molar-refractivity contribution is 5.98. The van der Waals surface area contributed by atoms with E-state index >= 15 is 0 Å². The second kappa shape index (κ2) is 4.31. The Morgan fingerprint density at radius 2 is 2.18 bits per heavy atom. The Bertz CT molecular complexity index is 408. The molecule has 0 bridgehead atoms. The maximum Gasteiger partial charge on any atom is 0.256 e. The third-order valence-electron chi connectivity index (χ3n) is 2.97. The molecule has 1 amide bonds. The number of H-pyrrole nitrogens is 1. The fourth-order valence-electron chi connectivity index (χ4n) is 1.92. The fourth-order valence-corrected chi connectivity index (χ4v) is 1.92. The van der Waals surface area contributed by atoms with E-state index in [4.69, 9.17) is 5.73 Å². The number of nitrogens with one attached hydrogen (secondary N) is 2. The van der Waals surface area contributed by atoms with Crippen molar-refractivity contribution in [3.63, 3.8) is 0 Å². The molecule has 0 aliphatic heterocycles. The van der Waals surface area contributed by atoms with E-state index in [0.717, 1.165) is 0 Å². The summed E-state index contributed by atoms with van der Waals surface area (Å²) in [5.41, 5.74) is 5.74. The number of halogens is 2. The van der Waals surface area contributed by atoms with Gasteiger partial charge in [-0.05, 0) is 12.8 Å². The fraction of sp³-hybridized carbons (Fsp3) is 0.600. The number of amides is 1. The monoisotopic (exact) mass is 244 g/mol. The van der Waals surface area contributed by atoms with Crippen molar-refractivity contribution in [1.29, 1.82) is 0 Å². The smallest absolute Gasteiger partial charge is 0.256 e. The second-order valence-corrected chi connectivity index (χ2v) is 4.30. The zero-order chi connectivity index (χ0) is 12.5. The molecule has 1 aliphatic rings. The lowest BCUT2D eigenvalue weighted by molar-refractivity contribution is -0.0399. The standard InChI is InChI=1S/C10H14F2N4O/c11-10(12)3-1-6(2-4-10)15-9(17)7-5-14-16-8(7)13/h5-6H,1-4H2,(H,15,17)(H3,13,14,16). The Balaban J connectivity index is 1.91. The maximum absolute atomic E-state index is 12.9. The van der Waals surface area contributed by atoms with Crippen LogP contribution in [0, 0.1) is 0 Å². The molecule has 0 unspecified atom stereocenters. The van der Waals surface area contributed by atoms with Crippen molar-refractivity contribution in [2.75, 3.05) is 5.73 Å². The number of hydrogen-bond acceptors (Lipinski definition) is 3. The minimum atomic E-state index is -2.59. The molecule has 0 radical (unpaired) electrons. The molecule has 1 aromatic rings. The summed E-state index contributed by atoms with van der Waals surface area (Å²) in [7, 11) is 0. The van der Waals surface area contributed by atoms with Gasteiger partial charge < -0.3 is 11.1 Å². The molecule has 1 heterocycles. The Labute approximate surface area is 96.8 Å². The molecule has 17 heavy (non-hydrogen) atoms. The van der Waals surface area contributed by atoms with Crippen LogP contribution < -0.4 is 11.1 Å². The first-order valence-corrected chi connectivity index (χ1v) is 5.45. The molecule has 4 N–H and O–H groups in total. The van der Waals surface area contributed by atoms with Crippen LogP contribution >= 0.6 is 0 Å². The normalized spacial score (nSPS) is 20.1. The Morgan fingerprint density at radius 1 is 1.53 bits per heavy atom. The predicted octanol–water partition coefficient (Wildman–Crippen LogP) is 1.30. The largest absolute Gasteiger partial charge is 0.383 e. The number of anilines is 1. The van der Waals surface area contributed by atoms with Crippen LogP contribution in [-0.4, -0.2) is 28.1 Å². The minimum absolute atomic E-state index is 0.182. The number of nitrogen functional groups attached to an aromatic ring is 1. The minimum Gasteiger partial charge on any atom is -0.383 e. The van der Waals surface area contributed by atoms with Gasteiger partial charge in [0.1, 0.15) is 11.4 Å². The van der Waals surface area contributed by atoms with Crippen LogP contribution in [0.5, 0.6) is 0 Å². The van der Waals surface area contributed by atoms with Gasteiger partial charge in [0.25, 0.3) is 5.91 Å². The van der Waals surface area contributed by atoms with Crippen LogP contribution in [0.15, 0.2) is 6.20 Å². The van der Waals surface area contributed by atoms with Gasteiger partial charge >= 0.3 is 0 Å². The van der Waals surface area contributed by atoms with Crippen LogP contribution in [-0.2, 0) is 0 Å². The van der Waals surface area contributed by atoms with Crippen LogP contribution in [0.4, 0.5) is 14.6 Å². The third kappa shape index (κ3) is 2.72. The van der Waals surface area contributed by atoms with Crippen molar-refractivity contribution in [1.82, 2.24) is 15.5 Å². The summed E-state index contributed by atoms with van der Waals surface area (Å²) in [5, 5.41) is 8.76. The van der Waals surface area contributed by atoms with Gasteiger partial charge in [0.15, 0.2) is 0 Å². The zero-order valence-electron chi connectivity index (χ0n) is 9.17. The number of aromatic amines is 1. The highest BCUT2D eigenvalue weighted by atomic mass is 19.3. The summed E-state index contributed by atoms with van der Waals surface area (Å²) >= 11 is 0. The number of hydrogen-bond donors (Lipinski definition) is 3. The van der Waals surface area contributed by atoms with Crippen LogP contribution in [0.3, 0.4) is 0 Å². The molecule has 2 rings (SSSR count). The highest BCUT2D eigenvalue weighted by Gasteiger charge is 2.35. The SMILES string of the molecule is Nc1[nH]ncc1C(=O)NC1CCC(F)(F)CC1. The summed E-state index contributed by atoms with van der Waals surface area (Å²) in [4.78, 5) is 11.7. The quantitative estimate of drug-likeness (QED) is 0.733. The van der Waals surface area contributed by atoms with Crippen molar-refractivity contribution in [3.8, 4) is 0 Å². The number of alkyl halides is 2. The zero-order valence-corrected chi connectivity index (χ0v) is 9.17. The molecule has 7 heteroatoms. The van der Waals surface area contributed by atoms with E-state index in [1.165, 1.54) is 6.20 Å². The number of carbonyl (C=O) groups is 1. The molecule has 1 aromatic heterocycles. The van der Waals surface area contributed by atoms with E-state index in [0.29, 0.717) is 0 Å². The van der Waals surface area contributed by atoms with Crippen LogP contribution in [0.25, 0.3) is 0 Å². The number of rotatable bonds is 2. The van der Waals surface area contributed by atoms with Crippen molar-refractivity contribution < 1.29 is 13.6 Å². The lowest BCUT2D eigenvalue weighted by Gasteiger charge is -2.28. The van der Waals surface area contributed by atoms with E-state index < -0.39 is 5.92 Å². The molecule has 94 valence electrons. The van der Waals surface area contributed by atoms with Gasteiger partial charge in [0.05, 0.1) is 6.20 Å². The average Bonchev–Trinajstić information content (AvgIpc) is 2.68. The highest BCUT2D eigenvalue weighted by Crippen LogP contribution is 2.33. The average molecular weight is 244 g/mol. The molecule has 0 spiro atoms. The summed E-state index contributed by atoms with van der Waals surface area (Å²) in [5.74, 6) is -2.77. The molecule has 1 saturated carbocycles. The Kier molecular flexibility index (Phi) is 2.99. The molecular formula is C10H14F2N4O. The van der Waals surface area contributed by atoms with Crippen LogP contribution in [0.1, 0.15) is 36.0 Å². The molecular weight excluding hydrogens is 230 g/mol. The number of carbonyl (C=O) groups excluding carboxylic acids is 1. The Morgan fingerprint density at radius 3 is 2.71 bits per heavy atom. The van der Waals surface area contributed by atoms with Gasteiger partial charge in [-0.15, -0.1) is 0 Å². The maximum atomic E-state index is 12.9. The van der Waals surface area contributed by atoms with Gasteiger partial charge in [0.2, 0.25) is 5.92 Å². The molecule has 5 nitrogen and oxygen atoms in total. The molecule has 0 atom stereocenters. The summed E-state index contributed by atoms with van der Waals surface area (Å²) in [6.45, 7) is 0. The molecule has 1 fully saturated rings. The van der Waals surface area contributed by atoms with E-state index in [1.807, 2.05) is 0 Å². The van der Waals surface area contributed by atoms with Gasteiger partial charge in [-0.3, -0.25) is 9.89 Å². The first-order valence-electron chi connectivity index (χ1n) is 5.45. The second-order valence-electron chi connectivity index (χ2n) is 4.30. The van der Waals surface area contributed by atoms with Crippen molar-refractivity contribution in [3.05, 3.63) is 11.8 Å². The Hall–Kier alpha value is -1.66. The van der Waals surface area contributed by atoms with E-state index in [-0.39, 0.29) is 49.0 Å². The lowest BCUT2D eigenvalue weighted by atomic mass is 9.92. The van der Waals surface area contributed by atoms with Crippen molar-refractivity contribution >= 4 is 11.7 Å². The van der Waals surface area contributed by atoms with Gasteiger partial charge in [-0.2, -0.15) is 5.10 Å². The summed E-state index contributed by atoms with van der Waals surface area (Å²) in [6.07, 6.45) is 1.53. The third-order valence-corrected chi connectivity index (χ3v) is 2.97. The topological polar surface area (TPSA) is 83.8 Å². The number of nitrogens with zero attached hydrogens (tertiary/aromatic N) is 1. The first-order chi connectivity index (χ1) is 7.98. The molecule has 1 aliphatic carbocycles. The first kappa shape index (κ1) is 11.8. The summed E-state index contributed by atoms with van der Waals surface area (Å²) < 4.78 is 25.8. The lowest BCUT2D eigenvalue weighted by Crippen LogP contribution is -2.40. The summed E-state index contributed by atoms with van der Waals surface area (Å²) in [6, 6.07) is -0.212. The molecule has 0 saturated heterocycles. The van der Waals surface area contributed by atoms with E-state index in [2.05, 4.69) is 15.5 Å². The van der Waals surface area contributed by atoms with E-state index in [1.54, 1.807) is 0 Å². The van der Waals surface area contributed by atoms with E-state index in [9.17, 15) is 13.6 Å². The molecule has 0 aromatic carbocycles. The van der Waals surface area contributed by atoms with Gasteiger partial charge in [0, 0.05) is 18.9 Å². The van der Waals surface area contributed by atoms with Gasteiger partial charge in [-0.1, -0.05) is 0 Å². The van der Waals surface area contributed by atoms with Gasteiger partial charge in [-0.25, -0.2) is 8.78 Å². The number of nitrogens with two attached hydrogens (primary N) is 1. The van der Waals surface area contributed by atoms with Crippen molar-refractivity contribution in [2.45, 2.75) is 37.6 Å². The number of aromatic nitrogens is 2.